The zero-order valence-corrected chi connectivity index (χ0v) is 19.5. The van der Waals surface area contributed by atoms with Crippen molar-refractivity contribution >= 4 is 59.8 Å². The fourth-order valence-electron chi connectivity index (χ4n) is 5.89. The lowest BCUT2D eigenvalue weighted by Gasteiger charge is -2.26. The molecule has 0 atom stereocenters. The predicted octanol–water partition coefficient (Wildman–Crippen LogP) is 8.85. The molecule has 0 unspecified atom stereocenters. The molecule has 0 radical (unpaired) electrons. The third kappa shape index (κ3) is 2.64. The zero-order chi connectivity index (χ0) is 24.3. The molecule has 0 fully saturated rings. The molecule has 7 aromatic rings. The fraction of sp³-hybridized carbons (Fsp3) is 0.167. The van der Waals surface area contributed by atoms with Crippen molar-refractivity contribution in [1.82, 2.24) is 9.38 Å². The number of pyridine rings is 2. The van der Waals surface area contributed by atoms with Crippen molar-refractivity contribution in [1.29, 1.82) is 0 Å². The molecule has 7 rings (SSSR count). The molecule has 0 spiro atoms. The van der Waals surface area contributed by atoms with Crippen LogP contribution in [0.4, 0.5) is 13.2 Å². The van der Waals surface area contributed by atoms with Crippen LogP contribution in [0, 0.1) is 0 Å². The van der Waals surface area contributed by atoms with Gasteiger partial charge in [-0.1, -0.05) is 57.2 Å². The van der Waals surface area contributed by atoms with Gasteiger partial charge in [0.05, 0.1) is 27.6 Å². The molecular weight excluding hydrogens is 445 g/mol. The van der Waals surface area contributed by atoms with E-state index in [-0.39, 0.29) is 5.41 Å². The Hall–Kier alpha value is -3.86. The average Bonchev–Trinajstić information content (AvgIpc) is 3.15. The highest BCUT2D eigenvalue weighted by molar-refractivity contribution is 6.29. The molecule has 0 aliphatic carbocycles. The Morgan fingerprint density at radius 3 is 2.29 bits per heavy atom. The monoisotopic (exact) mass is 466 g/mol. The number of hydrogen-bond donors (Lipinski definition) is 0. The normalized spacial score (nSPS) is 13.4. The number of aromatic nitrogens is 2. The summed E-state index contributed by atoms with van der Waals surface area (Å²) in [6, 6.07) is 20.5. The predicted molar refractivity (Wildman–Crippen MR) is 138 cm³/mol. The Bertz CT molecular complexity index is 1970. The smallest absolute Gasteiger partial charge is 0.308 e. The van der Waals surface area contributed by atoms with E-state index >= 15 is 0 Å². The van der Waals surface area contributed by atoms with E-state index in [9.17, 15) is 13.2 Å². The van der Waals surface area contributed by atoms with Gasteiger partial charge < -0.3 is 4.40 Å². The van der Waals surface area contributed by atoms with Gasteiger partial charge >= 0.3 is 6.18 Å². The molecule has 0 bridgehead atoms. The van der Waals surface area contributed by atoms with Crippen molar-refractivity contribution in [2.45, 2.75) is 32.4 Å². The lowest BCUT2D eigenvalue weighted by atomic mass is 9.81. The molecule has 0 aliphatic rings. The van der Waals surface area contributed by atoms with Crippen molar-refractivity contribution in [3.8, 4) is 0 Å². The van der Waals surface area contributed by atoms with Crippen LogP contribution < -0.4 is 0 Å². The zero-order valence-electron chi connectivity index (χ0n) is 19.5. The molecule has 0 aliphatic heterocycles. The van der Waals surface area contributed by atoms with Crippen molar-refractivity contribution in [3.05, 3.63) is 84.1 Å². The molecule has 0 N–H and O–H groups in total. The minimum Gasteiger partial charge on any atom is -0.308 e. The summed E-state index contributed by atoms with van der Waals surface area (Å²) in [5, 5.41) is 6.71. The third-order valence-corrected chi connectivity index (χ3v) is 7.23. The van der Waals surface area contributed by atoms with E-state index in [1.165, 1.54) is 12.1 Å². The first-order valence-corrected chi connectivity index (χ1v) is 11.6. The maximum atomic E-state index is 13.7. The lowest BCUT2D eigenvalue weighted by molar-refractivity contribution is -0.137. The van der Waals surface area contributed by atoms with Gasteiger partial charge in [0, 0.05) is 27.7 Å². The molecular formula is C30H21F3N2. The second-order valence-corrected chi connectivity index (χ2v) is 10.4. The maximum Gasteiger partial charge on any atom is 0.416 e. The summed E-state index contributed by atoms with van der Waals surface area (Å²) in [6.45, 7) is 6.57. The summed E-state index contributed by atoms with van der Waals surface area (Å²) in [5.41, 5.74) is 3.90. The number of benzene rings is 4. The first kappa shape index (κ1) is 20.5. The van der Waals surface area contributed by atoms with Gasteiger partial charge in [-0.15, -0.1) is 0 Å². The van der Waals surface area contributed by atoms with Crippen LogP contribution in [0.5, 0.6) is 0 Å². The van der Waals surface area contributed by atoms with Gasteiger partial charge in [-0.05, 0) is 57.5 Å². The number of fused-ring (bicyclic) bond motifs is 7. The van der Waals surface area contributed by atoms with Crippen molar-refractivity contribution < 1.29 is 13.2 Å². The highest BCUT2D eigenvalue weighted by Crippen LogP contribution is 2.46. The lowest BCUT2D eigenvalue weighted by Crippen LogP contribution is -2.14. The van der Waals surface area contributed by atoms with Crippen LogP contribution >= 0.6 is 0 Å². The molecule has 5 heteroatoms. The van der Waals surface area contributed by atoms with E-state index < -0.39 is 11.7 Å². The van der Waals surface area contributed by atoms with Gasteiger partial charge in [-0.3, -0.25) is 4.98 Å². The Morgan fingerprint density at radius 1 is 0.714 bits per heavy atom. The van der Waals surface area contributed by atoms with E-state index in [1.54, 1.807) is 6.07 Å². The standard InChI is InChI=1S/C30H21F3N2/c1-29(2,3)25-19-7-5-4-6-17(19)14-22-26-24-16(12-13-34-26)8-10-20-21-15-18(30(31,32)33)9-11-23(21)35(27(20)24)28(22)25/h4-15H,1-3H3. The van der Waals surface area contributed by atoms with Crippen molar-refractivity contribution in [2.75, 3.05) is 0 Å². The van der Waals surface area contributed by atoms with Crippen molar-refractivity contribution in [2.24, 2.45) is 0 Å². The number of halogens is 3. The Labute approximate surface area is 198 Å². The molecule has 172 valence electrons. The number of rotatable bonds is 0. The summed E-state index contributed by atoms with van der Waals surface area (Å²) < 4.78 is 43.2. The minimum atomic E-state index is -4.41. The van der Waals surface area contributed by atoms with Crippen LogP contribution in [0.3, 0.4) is 0 Å². The van der Waals surface area contributed by atoms with Gasteiger partial charge in [0.1, 0.15) is 0 Å². The Morgan fingerprint density at radius 2 is 1.51 bits per heavy atom. The van der Waals surface area contributed by atoms with E-state index in [4.69, 9.17) is 4.98 Å². The van der Waals surface area contributed by atoms with Crippen LogP contribution in [0.25, 0.3) is 59.8 Å². The number of alkyl halides is 3. The van der Waals surface area contributed by atoms with Crippen LogP contribution in [-0.4, -0.2) is 9.38 Å². The summed E-state index contributed by atoms with van der Waals surface area (Å²) in [6.07, 6.45) is -2.59. The van der Waals surface area contributed by atoms with Gasteiger partial charge in [0.2, 0.25) is 0 Å². The molecule has 4 aromatic carbocycles. The summed E-state index contributed by atoms with van der Waals surface area (Å²) in [7, 11) is 0. The number of nitrogens with zero attached hydrogens (tertiary/aromatic N) is 2. The number of hydrogen-bond acceptors (Lipinski definition) is 1. The van der Waals surface area contributed by atoms with Crippen LogP contribution in [0.15, 0.2) is 72.9 Å². The van der Waals surface area contributed by atoms with Gasteiger partial charge in [-0.25, -0.2) is 0 Å². The molecule has 2 nitrogen and oxygen atoms in total. The highest BCUT2D eigenvalue weighted by atomic mass is 19.4. The highest BCUT2D eigenvalue weighted by Gasteiger charge is 2.32. The Kier molecular flexibility index (Phi) is 3.76. The molecule has 35 heavy (non-hydrogen) atoms. The third-order valence-electron chi connectivity index (χ3n) is 7.23. The minimum absolute atomic E-state index is 0.222. The topological polar surface area (TPSA) is 17.3 Å². The SMILES string of the molecule is CC(C)(C)c1c2ccccc2cc2c3nccc4ccc5c6cc(C(F)(F)F)ccc6n(c12)c5c43. The largest absolute Gasteiger partial charge is 0.416 e. The van der Waals surface area contributed by atoms with Gasteiger partial charge in [0.15, 0.2) is 0 Å². The van der Waals surface area contributed by atoms with Crippen LogP contribution in [0.1, 0.15) is 31.9 Å². The van der Waals surface area contributed by atoms with E-state index in [0.717, 1.165) is 59.9 Å². The molecule has 3 heterocycles. The quantitative estimate of drug-likeness (QED) is 0.161. The van der Waals surface area contributed by atoms with Crippen LogP contribution in [-0.2, 0) is 11.6 Å². The second kappa shape index (κ2) is 6.42. The first-order chi connectivity index (χ1) is 16.6. The second-order valence-electron chi connectivity index (χ2n) is 10.4. The fourth-order valence-corrected chi connectivity index (χ4v) is 5.89. The molecule has 0 saturated heterocycles. The Balaban J connectivity index is 1.88. The molecule has 3 aromatic heterocycles. The summed E-state index contributed by atoms with van der Waals surface area (Å²) >= 11 is 0. The van der Waals surface area contributed by atoms with E-state index in [1.807, 2.05) is 36.5 Å². The van der Waals surface area contributed by atoms with E-state index in [0.29, 0.717) is 5.39 Å². The van der Waals surface area contributed by atoms with Gasteiger partial charge in [-0.2, -0.15) is 13.2 Å². The van der Waals surface area contributed by atoms with Crippen LogP contribution in [0.2, 0.25) is 0 Å². The average molecular weight is 467 g/mol. The maximum absolute atomic E-state index is 13.7. The first-order valence-electron chi connectivity index (χ1n) is 11.6. The van der Waals surface area contributed by atoms with Crippen molar-refractivity contribution in [3.63, 3.8) is 0 Å². The molecule has 0 amide bonds. The summed E-state index contributed by atoms with van der Waals surface area (Å²) in [4.78, 5) is 4.83. The molecule has 0 saturated carbocycles. The summed E-state index contributed by atoms with van der Waals surface area (Å²) in [5.74, 6) is 0. The van der Waals surface area contributed by atoms with Gasteiger partial charge in [0.25, 0.3) is 0 Å². The van der Waals surface area contributed by atoms with E-state index in [2.05, 4.69) is 43.4 Å².